The maximum absolute atomic E-state index is 12.5. The maximum Gasteiger partial charge on any atom is 0.254 e. The van der Waals surface area contributed by atoms with Crippen molar-refractivity contribution in [1.82, 2.24) is 10.3 Å². The van der Waals surface area contributed by atoms with Crippen molar-refractivity contribution in [1.29, 1.82) is 0 Å². The van der Waals surface area contributed by atoms with Crippen LogP contribution in [0.2, 0.25) is 0 Å². The van der Waals surface area contributed by atoms with Gasteiger partial charge in [0.15, 0.2) is 0 Å². The van der Waals surface area contributed by atoms with Gasteiger partial charge in [-0.3, -0.25) is 4.79 Å². The van der Waals surface area contributed by atoms with Gasteiger partial charge in [-0.25, -0.2) is 4.98 Å². The zero-order valence-corrected chi connectivity index (χ0v) is 13.1. The van der Waals surface area contributed by atoms with Crippen molar-refractivity contribution in [2.75, 3.05) is 5.75 Å². The molecule has 0 radical (unpaired) electrons. The molecule has 4 heteroatoms. The number of pyridine rings is 1. The number of fused-ring (bicyclic) bond motifs is 1. The summed E-state index contributed by atoms with van der Waals surface area (Å²) in [6.45, 7) is 3.71. The molecule has 1 aliphatic rings. The Labute approximate surface area is 134 Å². The van der Waals surface area contributed by atoms with Crippen LogP contribution in [0.5, 0.6) is 0 Å². The quantitative estimate of drug-likeness (QED) is 0.681. The fourth-order valence-corrected chi connectivity index (χ4v) is 3.47. The summed E-state index contributed by atoms with van der Waals surface area (Å²) in [6.07, 6.45) is 5.33. The van der Waals surface area contributed by atoms with Gasteiger partial charge in [0.2, 0.25) is 0 Å². The second kappa shape index (κ2) is 6.79. The van der Waals surface area contributed by atoms with Gasteiger partial charge in [-0.05, 0) is 36.1 Å². The normalized spacial score (nSPS) is 13.6. The summed E-state index contributed by atoms with van der Waals surface area (Å²) in [4.78, 5) is 16.9. The van der Waals surface area contributed by atoms with Crippen molar-refractivity contribution in [3.63, 3.8) is 0 Å². The third-order valence-electron chi connectivity index (χ3n) is 3.74. The molecule has 0 unspecified atom stereocenters. The Kier molecular flexibility index (Phi) is 4.59. The van der Waals surface area contributed by atoms with Crippen LogP contribution in [0.1, 0.15) is 21.5 Å². The molecule has 1 N–H and O–H groups in total. The van der Waals surface area contributed by atoms with Crippen LogP contribution in [-0.4, -0.2) is 22.7 Å². The summed E-state index contributed by atoms with van der Waals surface area (Å²) in [5.41, 5.74) is 3.31. The van der Waals surface area contributed by atoms with E-state index in [1.165, 1.54) is 22.9 Å². The molecule has 3 nitrogen and oxygen atoms in total. The van der Waals surface area contributed by atoms with E-state index in [1.54, 1.807) is 12.3 Å². The van der Waals surface area contributed by atoms with Gasteiger partial charge >= 0.3 is 0 Å². The molecule has 1 aliphatic carbocycles. The number of amides is 1. The first kappa shape index (κ1) is 14.9. The fourth-order valence-electron chi connectivity index (χ4n) is 2.74. The smallest absolute Gasteiger partial charge is 0.254 e. The van der Waals surface area contributed by atoms with Gasteiger partial charge < -0.3 is 5.32 Å². The number of benzene rings is 1. The maximum atomic E-state index is 12.5. The third-order valence-corrected chi connectivity index (χ3v) is 4.74. The predicted octanol–water partition coefficient (Wildman–Crippen LogP) is 3.26. The minimum Gasteiger partial charge on any atom is -0.349 e. The van der Waals surface area contributed by atoms with Gasteiger partial charge in [-0.15, -0.1) is 18.3 Å². The van der Waals surface area contributed by atoms with E-state index < -0.39 is 0 Å². The first-order valence-electron chi connectivity index (χ1n) is 7.34. The van der Waals surface area contributed by atoms with Gasteiger partial charge in [0.05, 0.1) is 5.56 Å². The molecular formula is C18H18N2OS. The molecular weight excluding hydrogens is 292 g/mol. The Morgan fingerprint density at radius 2 is 2.00 bits per heavy atom. The zero-order valence-electron chi connectivity index (χ0n) is 12.3. The van der Waals surface area contributed by atoms with Crippen LogP contribution in [0.15, 0.2) is 60.3 Å². The number of thioether (sulfide) groups is 1. The Bertz CT molecular complexity index is 674. The van der Waals surface area contributed by atoms with Gasteiger partial charge in [-0.2, -0.15) is 0 Å². The summed E-state index contributed by atoms with van der Waals surface area (Å²) < 4.78 is 0. The zero-order chi connectivity index (χ0) is 15.4. The highest BCUT2D eigenvalue weighted by atomic mass is 32.2. The Hall–Kier alpha value is -2.07. The summed E-state index contributed by atoms with van der Waals surface area (Å²) in [5.74, 6) is 0.698. The molecule has 0 atom stereocenters. The van der Waals surface area contributed by atoms with Crippen molar-refractivity contribution < 1.29 is 4.79 Å². The standard InChI is InChI=1S/C18H18N2OS/c1-2-10-22-18-16(8-5-9-19-18)17(21)20-15-11-13-6-3-4-7-14(13)12-15/h2-9,15H,1,10-12H2,(H,20,21). The van der Waals surface area contributed by atoms with E-state index in [0.29, 0.717) is 5.56 Å². The average Bonchev–Trinajstić information content (AvgIpc) is 2.95. The molecule has 112 valence electrons. The number of carbonyl (C=O) groups excluding carboxylic acids is 1. The van der Waals surface area contributed by atoms with E-state index in [0.717, 1.165) is 23.6 Å². The Balaban J connectivity index is 1.70. The second-order valence-corrected chi connectivity index (χ2v) is 6.31. The minimum atomic E-state index is -0.0440. The second-order valence-electron chi connectivity index (χ2n) is 5.30. The number of hydrogen-bond acceptors (Lipinski definition) is 3. The predicted molar refractivity (Wildman–Crippen MR) is 90.3 cm³/mol. The number of nitrogens with zero attached hydrogens (tertiary/aromatic N) is 1. The lowest BCUT2D eigenvalue weighted by Crippen LogP contribution is -2.35. The highest BCUT2D eigenvalue weighted by molar-refractivity contribution is 7.99. The molecule has 3 rings (SSSR count). The van der Waals surface area contributed by atoms with Gasteiger partial charge in [-0.1, -0.05) is 30.3 Å². The SMILES string of the molecule is C=CCSc1ncccc1C(=O)NC1Cc2ccccc2C1. The lowest BCUT2D eigenvalue weighted by Gasteiger charge is -2.13. The molecule has 0 spiro atoms. The fraction of sp³-hybridized carbons (Fsp3) is 0.222. The molecule has 1 aromatic carbocycles. The Morgan fingerprint density at radius 1 is 1.27 bits per heavy atom. The van der Waals surface area contributed by atoms with Crippen molar-refractivity contribution in [2.45, 2.75) is 23.9 Å². The lowest BCUT2D eigenvalue weighted by atomic mass is 10.1. The third kappa shape index (κ3) is 3.22. The van der Waals surface area contributed by atoms with E-state index in [9.17, 15) is 4.79 Å². The summed E-state index contributed by atoms with van der Waals surface area (Å²) in [6, 6.07) is 12.2. The summed E-state index contributed by atoms with van der Waals surface area (Å²) in [5, 5.41) is 3.90. The first-order chi connectivity index (χ1) is 10.8. The van der Waals surface area contributed by atoms with E-state index >= 15 is 0 Å². The monoisotopic (exact) mass is 310 g/mol. The molecule has 0 aliphatic heterocycles. The largest absolute Gasteiger partial charge is 0.349 e. The van der Waals surface area contributed by atoms with Crippen LogP contribution >= 0.6 is 11.8 Å². The lowest BCUT2D eigenvalue weighted by molar-refractivity contribution is 0.0935. The van der Waals surface area contributed by atoms with Crippen molar-refractivity contribution in [3.8, 4) is 0 Å². The number of nitrogens with one attached hydrogen (secondary N) is 1. The van der Waals surface area contributed by atoms with Crippen molar-refractivity contribution in [3.05, 3.63) is 71.9 Å². The number of rotatable bonds is 5. The highest BCUT2D eigenvalue weighted by Gasteiger charge is 2.23. The average molecular weight is 310 g/mol. The first-order valence-corrected chi connectivity index (χ1v) is 8.33. The van der Waals surface area contributed by atoms with Crippen LogP contribution in [0.4, 0.5) is 0 Å². The topological polar surface area (TPSA) is 42.0 Å². The van der Waals surface area contributed by atoms with Crippen LogP contribution in [0.25, 0.3) is 0 Å². The van der Waals surface area contributed by atoms with Gasteiger partial charge in [0.1, 0.15) is 5.03 Å². The number of hydrogen-bond donors (Lipinski definition) is 1. The highest BCUT2D eigenvalue weighted by Crippen LogP contribution is 2.23. The van der Waals surface area contributed by atoms with E-state index in [4.69, 9.17) is 0 Å². The molecule has 1 heterocycles. The summed E-state index contributed by atoms with van der Waals surface area (Å²) in [7, 11) is 0. The van der Waals surface area contributed by atoms with Crippen LogP contribution in [0, 0.1) is 0 Å². The van der Waals surface area contributed by atoms with E-state index in [2.05, 4.69) is 29.0 Å². The molecule has 1 aromatic heterocycles. The molecule has 0 saturated carbocycles. The van der Waals surface area contributed by atoms with Crippen LogP contribution in [-0.2, 0) is 12.8 Å². The molecule has 0 bridgehead atoms. The van der Waals surface area contributed by atoms with Gasteiger partial charge in [0.25, 0.3) is 5.91 Å². The van der Waals surface area contributed by atoms with Crippen molar-refractivity contribution >= 4 is 17.7 Å². The van der Waals surface area contributed by atoms with Gasteiger partial charge in [0, 0.05) is 18.0 Å². The van der Waals surface area contributed by atoms with Crippen LogP contribution < -0.4 is 5.32 Å². The Morgan fingerprint density at radius 3 is 2.68 bits per heavy atom. The number of carbonyl (C=O) groups is 1. The molecule has 22 heavy (non-hydrogen) atoms. The van der Waals surface area contributed by atoms with Crippen LogP contribution in [0.3, 0.4) is 0 Å². The van der Waals surface area contributed by atoms with Crippen molar-refractivity contribution in [2.24, 2.45) is 0 Å². The van der Waals surface area contributed by atoms with E-state index in [1.807, 2.05) is 24.3 Å². The van der Waals surface area contributed by atoms with E-state index in [-0.39, 0.29) is 11.9 Å². The number of aromatic nitrogens is 1. The molecule has 0 fully saturated rings. The minimum absolute atomic E-state index is 0.0440. The summed E-state index contributed by atoms with van der Waals surface area (Å²) >= 11 is 1.53. The molecule has 2 aromatic rings. The molecule has 0 saturated heterocycles. The molecule has 1 amide bonds.